The van der Waals surface area contributed by atoms with Gasteiger partial charge in [0.1, 0.15) is 5.70 Å². The van der Waals surface area contributed by atoms with Crippen LogP contribution in [0, 0.1) is 13.8 Å². The van der Waals surface area contributed by atoms with Gasteiger partial charge in [-0.1, -0.05) is 35.9 Å². The molecule has 9 nitrogen and oxygen atoms in total. The molecule has 2 aromatic carbocycles. The summed E-state index contributed by atoms with van der Waals surface area (Å²) in [6.45, 7) is 3.71. The van der Waals surface area contributed by atoms with Crippen LogP contribution in [0.15, 0.2) is 65.9 Å². The molecular weight excluding hydrogens is 424 g/mol. The van der Waals surface area contributed by atoms with Crippen molar-refractivity contribution in [2.24, 2.45) is 0 Å². The molecule has 0 bridgehead atoms. The van der Waals surface area contributed by atoms with E-state index in [1.165, 1.54) is 11.9 Å². The highest BCUT2D eigenvalue weighted by molar-refractivity contribution is 6.06. The highest BCUT2D eigenvalue weighted by atomic mass is 16.5. The maximum absolute atomic E-state index is 12.7. The Bertz CT molecular complexity index is 1200. The lowest BCUT2D eigenvalue weighted by atomic mass is 10.1. The first kappa shape index (κ1) is 23.4. The van der Waals surface area contributed by atoms with Crippen LogP contribution in [-0.4, -0.2) is 47.1 Å². The van der Waals surface area contributed by atoms with E-state index in [4.69, 9.17) is 9.47 Å². The molecule has 0 aliphatic heterocycles. The molecule has 1 N–H and O–H groups in total. The second kappa shape index (κ2) is 10.4. The minimum Gasteiger partial charge on any atom is -0.466 e. The lowest BCUT2D eigenvalue weighted by Gasteiger charge is -2.13. The molecule has 0 unspecified atom stereocenters. The summed E-state index contributed by atoms with van der Waals surface area (Å²) in [4.78, 5) is 39.3. The molecule has 0 radical (unpaired) electrons. The topological polar surface area (TPSA) is 112 Å². The number of nitrogens with one attached hydrogen (secondary N) is 1. The van der Waals surface area contributed by atoms with Crippen molar-refractivity contribution < 1.29 is 23.9 Å². The van der Waals surface area contributed by atoms with Gasteiger partial charge in [0.05, 0.1) is 36.9 Å². The van der Waals surface area contributed by atoms with Crippen LogP contribution in [-0.2, 0) is 25.5 Å². The number of aromatic nitrogens is 3. The molecule has 1 amide bonds. The summed E-state index contributed by atoms with van der Waals surface area (Å²) in [7, 11) is 2.34. The number of hydrogen-bond acceptors (Lipinski definition) is 7. The Morgan fingerprint density at radius 2 is 1.52 bits per heavy atom. The van der Waals surface area contributed by atoms with Crippen LogP contribution in [0.25, 0.3) is 5.69 Å². The third-order valence-electron chi connectivity index (χ3n) is 4.88. The zero-order valence-electron chi connectivity index (χ0n) is 18.8. The molecule has 0 aliphatic carbocycles. The van der Waals surface area contributed by atoms with E-state index in [-0.39, 0.29) is 17.7 Å². The third kappa shape index (κ3) is 5.51. The van der Waals surface area contributed by atoms with E-state index in [1.807, 2.05) is 31.2 Å². The Morgan fingerprint density at radius 3 is 2.12 bits per heavy atom. The number of carbonyl (C=O) groups excluding carboxylic acids is 3. The predicted molar refractivity (Wildman–Crippen MR) is 120 cm³/mol. The highest BCUT2D eigenvalue weighted by Crippen LogP contribution is 2.17. The summed E-state index contributed by atoms with van der Waals surface area (Å²) in [6, 6.07) is 15.9. The molecule has 3 rings (SSSR count). The number of hydrogen-bond donors (Lipinski definition) is 1. The Hall–Kier alpha value is -4.27. The van der Waals surface area contributed by atoms with E-state index in [0.29, 0.717) is 17.0 Å². The molecule has 0 saturated carbocycles. The molecule has 0 atom stereocenters. The van der Waals surface area contributed by atoms with Crippen molar-refractivity contribution in [3.8, 4) is 5.69 Å². The van der Waals surface area contributed by atoms with Gasteiger partial charge in [-0.05, 0) is 38.1 Å². The van der Waals surface area contributed by atoms with Crippen LogP contribution in [0.3, 0.4) is 0 Å². The third-order valence-corrected chi connectivity index (χ3v) is 4.88. The van der Waals surface area contributed by atoms with Crippen molar-refractivity contribution in [3.63, 3.8) is 0 Å². The zero-order chi connectivity index (χ0) is 24.0. The average molecular weight is 448 g/mol. The molecule has 9 heteroatoms. The van der Waals surface area contributed by atoms with Gasteiger partial charge < -0.3 is 14.8 Å². The second-order valence-corrected chi connectivity index (χ2v) is 7.19. The summed E-state index contributed by atoms with van der Waals surface area (Å²) in [5.74, 6) is -2.26. The minimum absolute atomic E-state index is 0.104. The summed E-state index contributed by atoms with van der Waals surface area (Å²) in [6.07, 6.45) is -0.107. The maximum atomic E-state index is 12.7. The van der Waals surface area contributed by atoms with Crippen LogP contribution in [0.2, 0.25) is 0 Å². The summed E-state index contributed by atoms with van der Waals surface area (Å²) in [5.41, 5.74) is 2.71. The largest absolute Gasteiger partial charge is 0.466 e. The van der Waals surface area contributed by atoms with E-state index in [1.54, 1.807) is 37.3 Å². The first-order valence-corrected chi connectivity index (χ1v) is 10.1. The lowest BCUT2D eigenvalue weighted by molar-refractivity contribution is -0.139. The van der Waals surface area contributed by atoms with E-state index in [2.05, 4.69) is 15.5 Å². The quantitative estimate of drug-likeness (QED) is 0.436. The van der Waals surface area contributed by atoms with E-state index in [0.717, 1.165) is 18.4 Å². The maximum Gasteiger partial charge on any atom is 0.355 e. The van der Waals surface area contributed by atoms with Crippen LogP contribution in [0.1, 0.15) is 27.3 Å². The van der Waals surface area contributed by atoms with Gasteiger partial charge in [-0.2, -0.15) is 15.0 Å². The molecular formula is C24H24N4O5. The number of amides is 1. The van der Waals surface area contributed by atoms with Crippen LogP contribution in [0.4, 0.5) is 0 Å². The Morgan fingerprint density at radius 1 is 0.879 bits per heavy atom. The molecule has 0 fully saturated rings. The molecule has 170 valence electrons. The van der Waals surface area contributed by atoms with Crippen molar-refractivity contribution >= 4 is 17.8 Å². The highest BCUT2D eigenvalue weighted by Gasteiger charge is 2.27. The summed E-state index contributed by atoms with van der Waals surface area (Å²) >= 11 is 0. The van der Waals surface area contributed by atoms with Gasteiger partial charge in [0.25, 0.3) is 5.91 Å². The molecule has 33 heavy (non-hydrogen) atoms. The van der Waals surface area contributed by atoms with Crippen molar-refractivity contribution in [1.29, 1.82) is 0 Å². The number of esters is 2. The monoisotopic (exact) mass is 448 g/mol. The van der Waals surface area contributed by atoms with Gasteiger partial charge >= 0.3 is 11.9 Å². The Labute approximate surface area is 191 Å². The smallest absolute Gasteiger partial charge is 0.355 e. The zero-order valence-corrected chi connectivity index (χ0v) is 18.8. The first-order valence-electron chi connectivity index (χ1n) is 10.1. The number of aryl methyl sites for hydroxylation is 2. The number of carbonyl (C=O) groups is 3. The van der Waals surface area contributed by atoms with Crippen molar-refractivity contribution in [1.82, 2.24) is 20.3 Å². The van der Waals surface area contributed by atoms with Crippen molar-refractivity contribution in [2.75, 3.05) is 14.2 Å². The normalized spacial score (nSPS) is 11.4. The van der Waals surface area contributed by atoms with Crippen LogP contribution >= 0.6 is 0 Å². The SMILES string of the molecule is COC(=O)/C(Cc1nn(-c2ccc(C)cc2)nc1C)=C(/NC(=O)c1ccccc1)C(=O)OC. The molecule has 0 saturated heterocycles. The fraction of sp³-hybridized carbons (Fsp3) is 0.208. The van der Waals surface area contributed by atoms with Gasteiger partial charge in [0.15, 0.2) is 0 Å². The van der Waals surface area contributed by atoms with E-state index < -0.39 is 17.8 Å². The van der Waals surface area contributed by atoms with Gasteiger partial charge in [-0.25, -0.2) is 9.59 Å². The average Bonchev–Trinajstić information content (AvgIpc) is 3.21. The number of ether oxygens (including phenoxy) is 2. The second-order valence-electron chi connectivity index (χ2n) is 7.19. The lowest BCUT2D eigenvalue weighted by Crippen LogP contribution is -2.32. The number of benzene rings is 2. The van der Waals surface area contributed by atoms with Gasteiger partial charge in [0.2, 0.25) is 0 Å². The van der Waals surface area contributed by atoms with Crippen molar-refractivity contribution in [2.45, 2.75) is 20.3 Å². The molecule has 0 spiro atoms. The standard InChI is InChI=1S/C24H24N4O5/c1-15-10-12-18(13-11-15)28-26-16(2)20(27-28)14-19(23(30)32-3)21(24(31)33-4)25-22(29)17-8-6-5-7-9-17/h5-13H,14H2,1-4H3,(H,25,29)/b21-19+. The first-order chi connectivity index (χ1) is 15.8. The number of rotatable bonds is 7. The fourth-order valence-corrected chi connectivity index (χ4v) is 3.05. The van der Waals surface area contributed by atoms with E-state index in [9.17, 15) is 14.4 Å². The van der Waals surface area contributed by atoms with Gasteiger partial charge in [0, 0.05) is 12.0 Å². The molecule has 1 heterocycles. The molecule has 1 aromatic heterocycles. The molecule has 3 aromatic rings. The van der Waals surface area contributed by atoms with Crippen LogP contribution < -0.4 is 5.32 Å². The van der Waals surface area contributed by atoms with Gasteiger partial charge in [-0.3, -0.25) is 4.79 Å². The minimum atomic E-state index is -0.886. The number of nitrogens with zero attached hydrogens (tertiary/aromatic N) is 3. The van der Waals surface area contributed by atoms with Crippen molar-refractivity contribution in [3.05, 3.63) is 88.4 Å². The summed E-state index contributed by atoms with van der Waals surface area (Å²) in [5, 5.41) is 11.4. The summed E-state index contributed by atoms with van der Waals surface area (Å²) < 4.78 is 9.70. The number of methoxy groups -OCH3 is 2. The Kier molecular flexibility index (Phi) is 7.34. The van der Waals surface area contributed by atoms with Gasteiger partial charge in [-0.15, -0.1) is 0 Å². The fourth-order valence-electron chi connectivity index (χ4n) is 3.05. The Balaban J connectivity index is 2.01. The predicted octanol–water partition coefficient (Wildman–Crippen LogP) is 2.46. The van der Waals surface area contributed by atoms with Crippen LogP contribution in [0.5, 0.6) is 0 Å². The van der Waals surface area contributed by atoms with E-state index >= 15 is 0 Å². The molecule has 0 aliphatic rings.